The van der Waals surface area contributed by atoms with Gasteiger partial charge in [0.2, 0.25) is 0 Å². The summed E-state index contributed by atoms with van der Waals surface area (Å²) in [5.41, 5.74) is 11.6. The number of hydrogen-bond donors (Lipinski definition) is 2. The molecule has 2 unspecified atom stereocenters. The third-order valence-corrected chi connectivity index (χ3v) is 4.06. The third kappa shape index (κ3) is 2.64. The normalized spacial score (nSPS) is 23.4. The second kappa shape index (κ2) is 5.07. The van der Waals surface area contributed by atoms with Gasteiger partial charge in [-0.25, -0.2) is 4.39 Å². The van der Waals surface area contributed by atoms with Crippen LogP contribution in [0.25, 0.3) is 0 Å². The average molecular weight is 265 g/mol. The van der Waals surface area contributed by atoms with Gasteiger partial charge in [-0.1, -0.05) is 13.8 Å². The predicted molar refractivity (Wildman–Crippen MR) is 74.5 cm³/mol. The van der Waals surface area contributed by atoms with Crippen molar-refractivity contribution in [2.24, 2.45) is 17.6 Å². The number of piperidine rings is 1. The van der Waals surface area contributed by atoms with Crippen molar-refractivity contribution in [3.8, 4) is 0 Å². The first-order chi connectivity index (χ1) is 8.90. The fraction of sp³-hybridized carbons (Fsp3) is 0.500. The van der Waals surface area contributed by atoms with Gasteiger partial charge in [-0.05, 0) is 30.4 Å². The molecule has 0 bridgehead atoms. The Hall–Kier alpha value is -1.78. The highest BCUT2D eigenvalue weighted by Crippen LogP contribution is 2.31. The number of nitrogens with zero attached hydrogens (tertiary/aromatic N) is 1. The molecule has 2 rings (SSSR count). The summed E-state index contributed by atoms with van der Waals surface area (Å²) in [5.74, 6) is 0.0906. The lowest BCUT2D eigenvalue weighted by Gasteiger charge is -2.37. The zero-order valence-electron chi connectivity index (χ0n) is 11.3. The zero-order valence-corrected chi connectivity index (χ0v) is 11.3. The molecule has 104 valence electrons. The maximum atomic E-state index is 14.0. The van der Waals surface area contributed by atoms with E-state index in [-0.39, 0.29) is 11.3 Å². The number of hydrogen-bond acceptors (Lipinski definition) is 3. The van der Waals surface area contributed by atoms with Gasteiger partial charge in [0.05, 0.1) is 11.3 Å². The topological polar surface area (TPSA) is 72.3 Å². The fourth-order valence-corrected chi connectivity index (χ4v) is 2.51. The van der Waals surface area contributed by atoms with Crippen molar-refractivity contribution in [3.05, 3.63) is 23.5 Å². The van der Waals surface area contributed by atoms with Gasteiger partial charge >= 0.3 is 0 Å². The van der Waals surface area contributed by atoms with Gasteiger partial charge in [0, 0.05) is 18.8 Å². The Morgan fingerprint density at radius 2 is 2.05 bits per heavy atom. The molecule has 0 radical (unpaired) electrons. The van der Waals surface area contributed by atoms with Crippen molar-refractivity contribution in [2.45, 2.75) is 20.3 Å². The Labute approximate surface area is 112 Å². The van der Waals surface area contributed by atoms with Crippen molar-refractivity contribution in [1.29, 1.82) is 0 Å². The van der Waals surface area contributed by atoms with Crippen LogP contribution in [0, 0.1) is 17.7 Å². The van der Waals surface area contributed by atoms with Crippen LogP contribution in [0.4, 0.5) is 15.8 Å². The van der Waals surface area contributed by atoms with Crippen LogP contribution in [-0.2, 0) is 0 Å². The summed E-state index contributed by atoms with van der Waals surface area (Å²) in [4.78, 5) is 13.2. The van der Waals surface area contributed by atoms with E-state index in [2.05, 4.69) is 13.8 Å². The molecule has 19 heavy (non-hydrogen) atoms. The van der Waals surface area contributed by atoms with Gasteiger partial charge in [-0.15, -0.1) is 0 Å². The number of nitrogen functional groups attached to an aromatic ring is 1. The highest BCUT2D eigenvalue weighted by atomic mass is 19.1. The van der Waals surface area contributed by atoms with Gasteiger partial charge in [0.1, 0.15) is 5.82 Å². The summed E-state index contributed by atoms with van der Waals surface area (Å²) in [6, 6.07) is 2.65. The van der Waals surface area contributed by atoms with Crippen LogP contribution in [0.2, 0.25) is 0 Å². The molecule has 5 heteroatoms. The van der Waals surface area contributed by atoms with E-state index in [1.54, 1.807) is 0 Å². The van der Waals surface area contributed by atoms with Crippen LogP contribution < -0.4 is 16.4 Å². The number of rotatable bonds is 2. The van der Waals surface area contributed by atoms with E-state index in [1.165, 1.54) is 12.1 Å². The molecular formula is C14H20FN3O. The van der Waals surface area contributed by atoms with Crippen LogP contribution >= 0.6 is 0 Å². The van der Waals surface area contributed by atoms with Gasteiger partial charge in [-0.3, -0.25) is 4.79 Å². The summed E-state index contributed by atoms with van der Waals surface area (Å²) in [6.07, 6.45) is 1.01. The minimum atomic E-state index is -0.628. The van der Waals surface area contributed by atoms with E-state index in [4.69, 9.17) is 11.5 Å². The van der Waals surface area contributed by atoms with Gasteiger partial charge in [0.15, 0.2) is 0 Å². The number of primary amides is 1. The Bertz CT molecular complexity index is 504. The Morgan fingerprint density at radius 3 is 2.63 bits per heavy atom. The fourth-order valence-electron chi connectivity index (χ4n) is 2.51. The minimum Gasteiger partial charge on any atom is -0.398 e. The second-order valence-electron chi connectivity index (χ2n) is 5.44. The van der Waals surface area contributed by atoms with Crippen molar-refractivity contribution in [2.75, 3.05) is 23.7 Å². The Kier molecular flexibility index (Phi) is 3.64. The first kappa shape index (κ1) is 13.6. The molecule has 0 saturated carbocycles. The average Bonchev–Trinajstić information content (AvgIpc) is 2.32. The molecule has 1 aromatic rings. The summed E-state index contributed by atoms with van der Waals surface area (Å²) < 4.78 is 14.0. The third-order valence-electron chi connectivity index (χ3n) is 4.06. The van der Waals surface area contributed by atoms with Crippen molar-refractivity contribution in [1.82, 2.24) is 0 Å². The van der Waals surface area contributed by atoms with E-state index in [1.807, 2.05) is 4.90 Å². The lowest BCUT2D eigenvalue weighted by Crippen LogP contribution is -2.39. The lowest BCUT2D eigenvalue weighted by atomic mass is 9.88. The van der Waals surface area contributed by atoms with Crippen molar-refractivity contribution in [3.63, 3.8) is 0 Å². The van der Waals surface area contributed by atoms with Crippen LogP contribution in [-0.4, -0.2) is 19.0 Å². The monoisotopic (exact) mass is 265 g/mol. The number of nitrogens with two attached hydrogens (primary N) is 2. The summed E-state index contributed by atoms with van der Waals surface area (Å²) >= 11 is 0. The number of amides is 1. The SMILES string of the molecule is CC1CCN(c2cc(C(N)=O)c(N)cc2F)CC1C. The van der Waals surface area contributed by atoms with Crippen LogP contribution in [0.15, 0.2) is 12.1 Å². The molecule has 1 aliphatic heterocycles. The quantitative estimate of drug-likeness (QED) is 0.803. The molecule has 1 aromatic carbocycles. The first-order valence-corrected chi connectivity index (χ1v) is 6.54. The van der Waals surface area contributed by atoms with Gasteiger partial charge in [-0.2, -0.15) is 0 Å². The number of carbonyl (C=O) groups excluding carboxylic acids is 1. The molecule has 1 saturated heterocycles. The summed E-state index contributed by atoms with van der Waals surface area (Å²) in [7, 11) is 0. The molecule has 0 spiro atoms. The summed E-state index contributed by atoms with van der Waals surface area (Å²) in [5, 5.41) is 0. The highest BCUT2D eigenvalue weighted by molar-refractivity contribution is 5.99. The Morgan fingerprint density at radius 1 is 1.37 bits per heavy atom. The van der Waals surface area contributed by atoms with E-state index in [0.717, 1.165) is 19.5 Å². The number of benzene rings is 1. The van der Waals surface area contributed by atoms with E-state index < -0.39 is 11.7 Å². The van der Waals surface area contributed by atoms with Crippen molar-refractivity contribution >= 4 is 17.3 Å². The molecule has 4 N–H and O–H groups in total. The smallest absolute Gasteiger partial charge is 0.250 e. The molecule has 0 aliphatic carbocycles. The van der Waals surface area contributed by atoms with E-state index in [9.17, 15) is 9.18 Å². The maximum Gasteiger partial charge on any atom is 0.250 e. The number of anilines is 2. The zero-order chi connectivity index (χ0) is 14.2. The number of carbonyl (C=O) groups is 1. The predicted octanol–water partition coefficient (Wildman–Crippen LogP) is 1.99. The molecule has 1 amide bonds. The standard InChI is InChI=1S/C14H20FN3O/c1-8-3-4-18(7-9(8)2)13-5-10(14(17)19)12(16)6-11(13)15/h5-6,8-9H,3-4,7,16H2,1-2H3,(H2,17,19). The molecule has 1 aliphatic rings. The Balaban J connectivity index is 2.34. The minimum absolute atomic E-state index is 0.0900. The second-order valence-corrected chi connectivity index (χ2v) is 5.44. The maximum absolute atomic E-state index is 14.0. The van der Waals surface area contributed by atoms with Gasteiger partial charge < -0.3 is 16.4 Å². The molecule has 1 fully saturated rings. The lowest BCUT2D eigenvalue weighted by molar-refractivity contribution is 0.100. The summed E-state index contributed by atoms with van der Waals surface area (Å²) in [6.45, 7) is 5.92. The molecule has 0 aromatic heterocycles. The van der Waals surface area contributed by atoms with Crippen LogP contribution in [0.3, 0.4) is 0 Å². The van der Waals surface area contributed by atoms with Crippen LogP contribution in [0.5, 0.6) is 0 Å². The number of halogens is 1. The largest absolute Gasteiger partial charge is 0.398 e. The van der Waals surface area contributed by atoms with Crippen molar-refractivity contribution < 1.29 is 9.18 Å². The highest BCUT2D eigenvalue weighted by Gasteiger charge is 2.25. The van der Waals surface area contributed by atoms with Crippen LogP contribution in [0.1, 0.15) is 30.6 Å². The van der Waals surface area contributed by atoms with Gasteiger partial charge in [0.25, 0.3) is 5.91 Å². The molecule has 4 nitrogen and oxygen atoms in total. The van der Waals surface area contributed by atoms with E-state index >= 15 is 0 Å². The molecule has 2 atom stereocenters. The van der Waals surface area contributed by atoms with E-state index in [0.29, 0.717) is 17.5 Å². The first-order valence-electron chi connectivity index (χ1n) is 6.54. The molecular weight excluding hydrogens is 245 g/mol. The molecule has 1 heterocycles.